The normalized spacial score (nSPS) is 15.9. The zero-order valence-electron chi connectivity index (χ0n) is 13.1. The zero-order valence-corrected chi connectivity index (χ0v) is 13.9. The first-order chi connectivity index (χ1) is 11.1. The lowest BCUT2D eigenvalue weighted by molar-refractivity contribution is -0.135. The third-order valence-corrected chi connectivity index (χ3v) is 5.00. The van der Waals surface area contributed by atoms with E-state index in [0.717, 1.165) is 16.9 Å². The van der Waals surface area contributed by atoms with Gasteiger partial charge in [-0.3, -0.25) is 20.0 Å². The van der Waals surface area contributed by atoms with Crippen LogP contribution in [0.2, 0.25) is 0 Å². The lowest BCUT2D eigenvalue weighted by Crippen LogP contribution is -2.44. The van der Waals surface area contributed by atoms with Crippen molar-refractivity contribution in [2.45, 2.75) is 39.2 Å². The molecule has 1 fully saturated rings. The summed E-state index contributed by atoms with van der Waals surface area (Å²) in [5.41, 5.74) is 1.11. The van der Waals surface area contributed by atoms with E-state index in [0.29, 0.717) is 25.2 Å². The minimum atomic E-state index is -0.463. The highest BCUT2D eigenvalue weighted by atomic mass is 32.1. The fourth-order valence-corrected chi connectivity index (χ4v) is 3.64. The largest absolute Gasteiger partial charge is 0.331 e. The molecular formula is C15H19N5O2S. The molecule has 0 bridgehead atoms. The molecule has 0 spiro atoms. The minimum absolute atomic E-state index is 0.0388. The van der Waals surface area contributed by atoms with E-state index in [1.54, 1.807) is 16.2 Å². The van der Waals surface area contributed by atoms with Gasteiger partial charge in [0.05, 0.1) is 4.88 Å². The van der Waals surface area contributed by atoms with Crippen LogP contribution in [0.25, 0.3) is 10.7 Å². The summed E-state index contributed by atoms with van der Waals surface area (Å²) in [5.74, 6) is 0.675. The van der Waals surface area contributed by atoms with Gasteiger partial charge in [0.25, 0.3) is 0 Å². The number of nitrogens with zero attached hydrogens (tertiary/aromatic N) is 3. The van der Waals surface area contributed by atoms with Crippen molar-refractivity contribution in [1.29, 1.82) is 0 Å². The molecule has 2 aromatic rings. The Bertz CT molecular complexity index is 723. The van der Waals surface area contributed by atoms with Crippen LogP contribution >= 0.6 is 11.3 Å². The first-order valence-corrected chi connectivity index (χ1v) is 8.55. The molecule has 0 aliphatic carbocycles. The Labute approximate surface area is 138 Å². The van der Waals surface area contributed by atoms with E-state index in [2.05, 4.69) is 20.5 Å². The number of H-pyrrole nitrogens is 1. The van der Waals surface area contributed by atoms with Crippen molar-refractivity contribution in [2.75, 3.05) is 11.9 Å². The number of rotatable bonds is 5. The summed E-state index contributed by atoms with van der Waals surface area (Å²) in [4.78, 5) is 31.3. The predicted octanol–water partition coefficient (Wildman–Crippen LogP) is 2.18. The van der Waals surface area contributed by atoms with E-state index >= 15 is 0 Å². The van der Waals surface area contributed by atoms with Crippen LogP contribution in [-0.2, 0) is 9.59 Å². The summed E-state index contributed by atoms with van der Waals surface area (Å²) in [6, 6.07) is 1.54. The van der Waals surface area contributed by atoms with Gasteiger partial charge in [0.15, 0.2) is 5.82 Å². The molecule has 1 unspecified atom stereocenters. The number of carbonyl (C=O) groups excluding carboxylic acids is 2. The van der Waals surface area contributed by atoms with Crippen LogP contribution in [0.3, 0.4) is 0 Å². The summed E-state index contributed by atoms with van der Waals surface area (Å²) in [6.45, 7) is 4.53. The van der Waals surface area contributed by atoms with Crippen LogP contribution in [0.5, 0.6) is 0 Å². The van der Waals surface area contributed by atoms with Gasteiger partial charge in [0.1, 0.15) is 6.04 Å². The summed E-state index contributed by atoms with van der Waals surface area (Å²) in [6.07, 6.45) is 1.90. The Morgan fingerprint density at radius 1 is 1.57 bits per heavy atom. The van der Waals surface area contributed by atoms with Crippen molar-refractivity contribution >= 4 is 29.1 Å². The van der Waals surface area contributed by atoms with E-state index in [9.17, 15) is 9.59 Å². The topological polar surface area (TPSA) is 91.0 Å². The number of anilines is 1. The molecule has 3 heterocycles. The number of carbonyl (C=O) groups is 2. The van der Waals surface area contributed by atoms with Crippen molar-refractivity contribution in [3.63, 3.8) is 0 Å². The van der Waals surface area contributed by atoms with E-state index in [1.807, 2.05) is 25.3 Å². The second-order valence-electron chi connectivity index (χ2n) is 5.54. The van der Waals surface area contributed by atoms with Crippen LogP contribution in [0.1, 0.15) is 31.7 Å². The average Bonchev–Trinajstić information content (AvgIpc) is 3.23. The average molecular weight is 333 g/mol. The molecule has 3 rings (SSSR count). The van der Waals surface area contributed by atoms with Gasteiger partial charge in [-0.25, -0.2) is 0 Å². The molecule has 2 amide bonds. The molecule has 23 heavy (non-hydrogen) atoms. The molecule has 7 nitrogen and oxygen atoms in total. The maximum atomic E-state index is 12.4. The second-order valence-corrected chi connectivity index (χ2v) is 6.46. The molecule has 8 heteroatoms. The zero-order chi connectivity index (χ0) is 16.4. The van der Waals surface area contributed by atoms with Gasteiger partial charge in [0.2, 0.25) is 17.8 Å². The summed E-state index contributed by atoms with van der Waals surface area (Å²) < 4.78 is 0. The van der Waals surface area contributed by atoms with Gasteiger partial charge < -0.3 is 4.90 Å². The first-order valence-electron chi connectivity index (χ1n) is 7.67. The number of likely N-dealkylation sites (tertiary alicyclic amines) is 1. The van der Waals surface area contributed by atoms with E-state index in [4.69, 9.17) is 0 Å². The molecule has 2 aromatic heterocycles. The van der Waals surface area contributed by atoms with Gasteiger partial charge in [-0.05, 0) is 36.8 Å². The smallest absolute Gasteiger partial charge is 0.249 e. The standard InChI is InChI=1S/C15H19N5O2S/c1-3-10(20-7-4-5-11(20)21)14(22)17-15-16-13(18-19-15)12-9(2)6-8-23-12/h6,8,10H,3-5,7H2,1-2H3,(H2,16,17,18,19,22). The summed E-state index contributed by atoms with van der Waals surface area (Å²) in [5, 5.41) is 11.6. The lowest BCUT2D eigenvalue weighted by atomic mass is 10.2. The molecule has 122 valence electrons. The maximum absolute atomic E-state index is 12.4. The molecule has 1 aliphatic heterocycles. The van der Waals surface area contributed by atoms with Gasteiger partial charge in [0, 0.05) is 13.0 Å². The number of thiophene rings is 1. The molecule has 1 aliphatic rings. The fourth-order valence-electron chi connectivity index (χ4n) is 2.77. The molecule has 0 saturated carbocycles. The predicted molar refractivity (Wildman–Crippen MR) is 88.1 cm³/mol. The van der Waals surface area contributed by atoms with Crippen LogP contribution in [0.4, 0.5) is 5.95 Å². The highest BCUT2D eigenvalue weighted by molar-refractivity contribution is 7.13. The number of nitrogens with one attached hydrogen (secondary N) is 2. The number of aromatic amines is 1. The van der Waals surface area contributed by atoms with Crippen LogP contribution in [-0.4, -0.2) is 44.5 Å². The van der Waals surface area contributed by atoms with Crippen molar-refractivity contribution in [3.05, 3.63) is 17.0 Å². The summed E-state index contributed by atoms with van der Waals surface area (Å²) in [7, 11) is 0. The number of amides is 2. The van der Waals surface area contributed by atoms with Crippen LogP contribution in [0.15, 0.2) is 11.4 Å². The van der Waals surface area contributed by atoms with Crippen molar-refractivity contribution in [1.82, 2.24) is 20.1 Å². The first kappa shape index (κ1) is 15.7. The number of hydrogen-bond donors (Lipinski definition) is 2. The number of aryl methyl sites for hydroxylation is 1. The molecule has 0 radical (unpaired) electrons. The monoisotopic (exact) mass is 333 g/mol. The number of aromatic nitrogens is 3. The molecule has 1 saturated heterocycles. The SMILES string of the molecule is CCC(C(=O)Nc1n[nH]c(-c2sccc2C)n1)N1CCCC1=O. The van der Waals surface area contributed by atoms with Gasteiger partial charge in [-0.2, -0.15) is 4.98 Å². The molecule has 0 aromatic carbocycles. The lowest BCUT2D eigenvalue weighted by Gasteiger charge is -2.25. The molecular weight excluding hydrogens is 314 g/mol. The second kappa shape index (κ2) is 6.49. The third-order valence-electron chi connectivity index (χ3n) is 3.97. The van der Waals surface area contributed by atoms with E-state index in [-0.39, 0.29) is 17.8 Å². The van der Waals surface area contributed by atoms with Crippen molar-refractivity contribution in [3.8, 4) is 10.7 Å². The highest BCUT2D eigenvalue weighted by Gasteiger charge is 2.32. The Hall–Kier alpha value is -2.22. The van der Waals surface area contributed by atoms with Gasteiger partial charge in [-0.15, -0.1) is 16.4 Å². The molecule has 2 N–H and O–H groups in total. The Morgan fingerprint density at radius 2 is 2.39 bits per heavy atom. The Morgan fingerprint density at radius 3 is 3.00 bits per heavy atom. The minimum Gasteiger partial charge on any atom is -0.331 e. The van der Waals surface area contributed by atoms with Gasteiger partial charge in [-0.1, -0.05) is 6.92 Å². The highest BCUT2D eigenvalue weighted by Crippen LogP contribution is 2.26. The fraction of sp³-hybridized carbons (Fsp3) is 0.467. The Kier molecular flexibility index (Phi) is 4.42. The van der Waals surface area contributed by atoms with Crippen molar-refractivity contribution in [2.24, 2.45) is 0 Å². The Balaban J connectivity index is 1.71. The van der Waals surface area contributed by atoms with Gasteiger partial charge >= 0.3 is 0 Å². The van der Waals surface area contributed by atoms with Crippen molar-refractivity contribution < 1.29 is 9.59 Å². The van der Waals surface area contributed by atoms with Crippen LogP contribution < -0.4 is 5.32 Å². The van der Waals surface area contributed by atoms with E-state index in [1.165, 1.54) is 0 Å². The third kappa shape index (κ3) is 3.12. The quantitative estimate of drug-likeness (QED) is 0.877. The molecule has 1 atom stereocenters. The maximum Gasteiger partial charge on any atom is 0.249 e. The van der Waals surface area contributed by atoms with Crippen LogP contribution in [0, 0.1) is 6.92 Å². The number of hydrogen-bond acceptors (Lipinski definition) is 5. The summed E-state index contributed by atoms with van der Waals surface area (Å²) >= 11 is 1.57. The van der Waals surface area contributed by atoms with E-state index < -0.39 is 6.04 Å².